The normalized spacial score (nSPS) is 17.2. The zero-order valence-electron chi connectivity index (χ0n) is 5.87. The van der Waals surface area contributed by atoms with Gasteiger partial charge in [-0.1, -0.05) is 6.08 Å². The van der Waals surface area contributed by atoms with E-state index in [0.29, 0.717) is 0 Å². The fourth-order valence-electron chi connectivity index (χ4n) is 0.489. The molecule has 4 heteroatoms. The van der Waals surface area contributed by atoms with Crippen LogP contribution in [0.4, 0.5) is 13.2 Å². The van der Waals surface area contributed by atoms with E-state index in [2.05, 4.69) is 0 Å². The van der Waals surface area contributed by atoms with Crippen LogP contribution >= 0.6 is 0 Å². The monoisotopic (exact) mass is 153 g/mol. The third kappa shape index (κ3) is 3.50. The Morgan fingerprint density at radius 1 is 1.50 bits per heavy atom. The van der Waals surface area contributed by atoms with Gasteiger partial charge in [-0.05, 0) is 13.8 Å². The van der Waals surface area contributed by atoms with Crippen LogP contribution in [0.1, 0.15) is 13.8 Å². The lowest BCUT2D eigenvalue weighted by Gasteiger charge is -2.07. The van der Waals surface area contributed by atoms with E-state index < -0.39 is 17.8 Å². The van der Waals surface area contributed by atoms with Crippen molar-refractivity contribution in [3.63, 3.8) is 0 Å². The van der Waals surface area contributed by atoms with E-state index in [-0.39, 0.29) is 0 Å². The highest BCUT2D eigenvalue weighted by Crippen LogP contribution is 2.24. The van der Waals surface area contributed by atoms with Crippen molar-refractivity contribution >= 4 is 0 Å². The summed E-state index contributed by atoms with van der Waals surface area (Å²) < 4.78 is 35.1. The molecule has 0 radical (unpaired) electrons. The van der Waals surface area contributed by atoms with Crippen LogP contribution in [0, 0.1) is 0 Å². The quantitative estimate of drug-likeness (QED) is 0.571. The van der Waals surface area contributed by atoms with Crippen molar-refractivity contribution in [1.82, 2.24) is 0 Å². The molecule has 0 saturated heterocycles. The molecule has 0 aromatic rings. The molecule has 0 fully saturated rings. The Morgan fingerprint density at radius 2 is 1.90 bits per heavy atom. The molecule has 0 aromatic carbocycles. The van der Waals surface area contributed by atoms with E-state index in [9.17, 15) is 13.2 Å². The van der Waals surface area contributed by atoms with Gasteiger partial charge >= 0.3 is 6.18 Å². The number of hydrogen-bond donors (Lipinski definition) is 1. The second-order valence-corrected chi connectivity index (χ2v) is 2.21. The molecule has 0 saturated carbocycles. The first-order valence-corrected chi connectivity index (χ1v) is 2.85. The van der Waals surface area contributed by atoms with Crippen LogP contribution in [-0.4, -0.2) is 12.2 Å². The summed E-state index contributed by atoms with van der Waals surface area (Å²) in [5.41, 5.74) is 4.48. The van der Waals surface area contributed by atoms with Gasteiger partial charge < -0.3 is 5.73 Å². The fourth-order valence-corrected chi connectivity index (χ4v) is 0.489. The van der Waals surface area contributed by atoms with Gasteiger partial charge in [0.1, 0.15) is 0 Å². The van der Waals surface area contributed by atoms with Crippen molar-refractivity contribution in [3.05, 3.63) is 11.6 Å². The smallest absolute Gasteiger partial charge is 0.325 e. The maximum absolute atomic E-state index is 11.7. The van der Waals surface area contributed by atoms with E-state index >= 15 is 0 Å². The molecule has 2 N–H and O–H groups in total. The average Bonchev–Trinajstić information content (AvgIpc) is 1.60. The molecule has 0 rings (SSSR count). The zero-order chi connectivity index (χ0) is 8.36. The molecule has 0 spiro atoms. The lowest BCUT2D eigenvalue weighted by molar-refractivity contribution is -0.0916. The highest BCUT2D eigenvalue weighted by molar-refractivity contribution is 5.07. The van der Waals surface area contributed by atoms with Gasteiger partial charge in [-0.3, -0.25) is 0 Å². The van der Waals surface area contributed by atoms with Crippen LogP contribution in [0.25, 0.3) is 0 Å². The highest BCUT2D eigenvalue weighted by Gasteiger charge is 2.29. The van der Waals surface area contributed by atoms with Gasteiger partial charge in [0.15, 0.2) is 0 Å². The lowest BCUT2D eigenvalue weighted by atomic mass is 10.2. The highest BCUT2D eigenvalue weighted by atomic mass is 19.4. The molecule has 1 unspecified atom stereocenters. The van der Waals surface area contributed by atoms with E-state index in [0.717, 1.165) is 13.0 Å². The summed E-state index contributed by atoms with van der Waals surface area (Å²) in [6.07, 6.45) is -3.24. The van der Waals surface area contributed by atoms with Crippen LogP contribution in [-0.2, 0) is 0 Å². The maximum atomic E-state index is 11.7. The van der Waals surface area contributed by atoms with Gasteiger partial charge in [0.25, 0.3) is 0 Å². The van der Waals surface area contributed by atoms with Crippen molar-refractivity contribution in [3.8, 4) is 0 Å². The molecular formula is C6H10F3N. The zero-order valence-corrected chi connectivity index (χ0v) is 5.87. The molecule has 0 aliphatic carbocycles. The summed E-state index contributed by atoms with van der Waals surface area (Å²) in [5.74, 6) is 0. The Labute approximate surface area is 57.7 Å². The Kier molecular flexibility index (Phi) is 2.90. The van der Waals surface area contributed by atoms with Crippen LogP contribution in [0.15, 0.2) is 11.6 Å². The molecule has 10 heavy (non-hydrogen) atoms. The second kappa shape index (κ2) is 3.05. The third-order valence-corrected chi connectivity index (χ3v) is 0.960. The molecule has 0 aliphatic heterocycles. The Morgan fingerprint density at radius 3 is 2.00 bits per heavy atom. The minimum absolute atomic E-state index is 0.540. The minimum atomic E-state index is -4.23. The summed E-state index contributed by atoms with van der Waals surface area (Å²) in [7, 11) is 0. The average molecular weight is 153 g/mol. The Bertz CT molecular complexity index is 134. The van der Waals surface area contributed by atoms with Crippen LogP contribution in [0.5, 0.6) is 0 Å². The Balaban J connectivity index is 4.20. The first kappa shape index (κ1) is 9.49. The van der Waals surface area contributed by atoms with Crippen LogP contribution < -0.4 is 5.73 Å². The fraction of sp³-hybridized carbons (Fsp3) is 0.667. The molecule has 60 valence electrons. The molecular weight excluding hydrogens is 143 g/mol. The topological polar surface area (TPSA) is 26.0 Å². The van der Waals surface area contributed by atoms with Crippen molar-refractivity contribution in [1.29, 1.82) is 0 Å². The summed E-state index contributed by atoms with van der Waals surface area (Å²) >= 11 is 0. The summed E-state index contributed by atoms with van der Waals surface area (Å²) in [5, 5.41) is 0. The predicted octanol–water partition coefficient (Wildman–Crippen LogP) is 1.84. The summed E-state index contributed by atoms with van der Waals surface area (Å²) in [4.78, 5) is 0. The van der Waals surface area contributed by atoms with Crippen molar-refractivity contribution in [2.45, 2.75) is 26.1 Å². The summed E-state index contributed by atoms with van der Waals surface area (Å²) in [6.45, 7) is 2.50. The molecule has 0 aromatic heterocycles. The SMILES string of the molecule is C/C(=C\C(C)N)C(F)(F)F. The molecule has 1 atom stereocenters. The first-order chi connectivity index (χ1) is 4.34. The molecule has 0 heterocycles. The van der Waals surface area contributed by atoms with Gasteiger partial charge in [0.2, 0.25) is 0 Å². The van der Waals surface area contributed by atoms with E-state index in [1.54, 1.807) is 0 Å². The van der Waals surface area contributed by atoms with E-state index in [4.69, 9.17) is 5.73 Å². The first-order valence-electron chi connectivity index (χ1n) is 2.85. The van der Waals surface area contributed by atoms with Gasteiger partial charge in [-0.25, -0.2) is 0 Å². The van der Waals surface area contributed by atoms with E-state index in [1.807, 2.05) is 0 Å². The molecule has 1 nitrogen and oxygen atoms in total. The minimum Gasteiger partial charge on any atom is -0.325 e. The number of hydrogen-bond acceptors (Lipinski definition) is 1. The number of rotatable bonds is 1. The second-order valence-electron chi connectivity index (χ2n) is 2.21. The van der Waals surface area contributed by atoms with E-state index in [1.165, 1.54) is 6.92 Å². The largest absolute Gasteiger partial charge is 0.412 e. The summed E-state index contributed by atoms with van der Waals surface area (Å²) in [6, 6.07) is -0.540. The maximum Gasteiger partial charge on any atom is 0.412 e. The number of alkyl halides is 3. The molecule has 0 bridgehead atoms. The van der Waals surface area contributed by atoms with Gasteiger partial charge in [-0.15, -0.1) is 0 Å². The molecule has 0 aliphatic rings. The Hall–Kier alpha value is -0.510. The predicted molar refractivity (Wildman–Crippen MR) is 33.5 cm³/mol. The third-order valence-electron chi connectivity index (χ3n) is 0.960. The van der Waals surface area contributed by atoms with Gasteiger partial charge in [-0.2, -0.15) is 13.2 Å². The standard InChI is InChI=1S/C6H10F3N/c1-4(3-5(2)10)6(7,8)9/h3,5H,10H2,1-2H3/b4-3+. The number of allylic oxidation sites excluding steroid dienone is 1. The number of nitrogens with two attached hydrogens (primary N) is 1. The van der Waals surface area contributed by atoms with Gasteiger partial charge in [0.05, 0.1) is 0 Å². The van der Waals surface area contributed by atoms with Crippen LogP contribution in [0.3, 0.4) is 0 Å². The van der Waals surface area contributed by atoms with Gasteiger partial charge in [0, 0.05) is 11.6 Å². The van der Waals surface area contributed by atoms with Crippen molar-refractivity contribution in [2.75, 3.05) is 0 Å². The van der Waals surface area contributed by atoms with Crippen molar-refractivity contribution in [2.24, 2.45) is 5.73 Å². The molecule has 0 amide bonds. The van der Waals surface area contributed by atoms with Crippen LogP contribution in [0.2, 0.25) is 0 Å². The lowest BCUT2D eigenvalue weighted by Crippen LogP contribution is -2.16. The van der Waals surface area contributed by atoms with Crippen molar-refractivity contribution < 1.29 is 13.2 Å². The number of halogens is 3.